The van der Waals surface area contributed by atoms with Crippen LogP contribution in [0.25, 0.3) is 88.5 Å². The summed E-state index contributed by atoms with van der Waals surface area (Å²) in [5.74, 6) is 1.06. The second-order valence-electron chi connectivity index (χ2n) is 11.4. The van der Waals surface area contributed by atoms with E-state index in [0.29, 0.717) is 11.6 Å². The molecule has 2 heterocycles. The van der Waals surface area contributed by atoms with Crippen molar-refractivity contribution in [3.63, 3.8) is 0 Å². The van der Waals surface area contributed by atoms with E-state index in [0.717, 1.165) is 60.5 Å². The molecule has 0 bridgehead atoms. The number of para-hydroxylation sites is 1. The number of hydrogen-bond donors (Lipinski definition) is 0. The number of aromatic nitrogens is 3. The molecule has 216 valence electrons. The lowest BCUT2D eigenvalue weighted by Crippen LogP contribution is -1.97. The van der Waals surface area contributed by atoms with Crippen molar-refractivity contribution < 1.29 is 4.42 Å². The molecule has 9 rings (SSSR count). The molecule has 0 aliphatic rings. The zero-order valence-corrected chi connectivity index (χ0v) is 25.2. The van der Waals surface area contributed by atoms with Crippen LogP contribution in [0.2, 0.25) is 5.28 Å². The van der Waals surface area contributed by atoms with Crippen molar-refractivity contribution in [2.24, 2.45) is 0 Å². The summed E-state index contributed by atoms with van der Waals surface area (Å²) >= 11 is 6.49. The summed E-state index contributed by atoms with van der Waals surface area (Å²) in [7, 11) is 0. The lowest BCUT2D eigenvalue weighted by atomic mass is 9.96. The van der Waals surface area contributed by atoms with Gasteiger partial charge in [-0.15, -0.1) is 0 Å². The van der Waals surface area contributed by atoms with Crippen LogP contribution < -0.4 is 0 Å². The van der Waals surface area contributed by atoms with Gasteiger partial charge in [0, 0.05) is 21.9 Å². The van der Waals surface area contributed by atoms with Gasteiger partial charge in [0.15, 0.2) is 11.6 Å². The molecule has 0 saturated carbocycles. The molecule has 0 fully saturated rings. The summed E-state index contributed by atoms with van der Waals surface area (Å²) in [6.07, 6.45) is 0. The highest BCUT2D eigenvalue weighted by Crippen LogP contribution is 2.38. The Morgan fingerprint density at radius 2 is 1.02 bits per heavy atom. The molecule has 2 aromatic heterocycles. The third-order valence-electron chi connectivity index (χ3n) is 8.66. The van der Waals surface area contributed by atoms with Crippen molar-refractivity contribution in [2.75, 3.05) is 0 Å². The van der Waals surface area contributed by atoms with Crippen LogP contribution in [-0.4, -0.2) is 15.0 Å². The molecular weight excluding hydrogens is 586 g/mol. The number of benzene rings is 7. The van der Waals surface area contributed by atoms with E-state index in [1.165, 1.54) is 16.3 Å². The molecular formula is C41H24ClN3O. The van der Waals surface area contributed by atoms with Gasteiger partial charge in [0.1, 0.15) is 11.2 Å². The minimum Gasteiger partial charge on any atom is -0.456 e. The van der Waals surface area contributed by atoms with Crippen LogP contribution in [0.5, 0.6) is 0 Å². The minimum atomic E-state index is 0.158. The molecule has 46 heavy (non-hydrogen) atoms. The standard InChI is InChI=1S/C41H24ClN3O/c42-41-44-39(28-19-17-27(18-20-28)33-11-5-8-26-7-1-2-9-32(26)33)43-40(45-41)30-22-16-25-15-21-29(23-31(25)24-30)34-12-6-14-37-38(34)35-10-3-4-13-36(35)46-37/h1-24H. The van der Waals surface area contributed by atoms with Crippen molar-refractivity contribution in [2.45, 2.75) is 0 Å². The Morgan fingerprint density at radius 3 is 1.89 bits per heavy atom. The van der Waals surface area contributed by atoms with Crippen LogP contribution in [0.1, 0.15) is 0 Å². The number of nitrogens with zero attached hydrogens (tertiary/aromatic N) is 3. The fourth-order valence-corrected chi connectivity index (χ4v) is 6.61. The number of halogens is 1. The SMILES string of the molecule is Clc1nc(-c2ccc(-c3cccc4ccccc34)cc2)nc(-c2ccc3ccc(-c4cccc5oc6ccccc6c45)cc3c2)n1. The van der Waals surface area contributed by atoms with E-state index in [1.807, 2.05) is 48.5 Å². The number of rotatable bonds is 4. The molecule has 7 aromatic carbocycles. The van der Waals surface area contributed by atoms with E-state index < -0.39 is 0 Å². The zero-order valence-electron chi connectivity index (χ0n) is 24.5. The molecule has 0 atom stereocenters. The molecule has 0 aliphatic heterocycles. The van der Waals surface area contributed by atoms with Gasteiger partial charge < -0.3 is 4.42 Å². The maximum absolute atomic E-state index is 6.49. The first kappa shape index (κ1) is 26.6. The molecule has 0 spiro atoms. The summed E-state index contributed by atoms with van der Waals surface area (Å²) in [6.45, 7) is 0. The molecule has 0 saturated heterocycles. The van der Waals surface area contributed by atoms with Gasteiger partial charge in [0.2, 0.25) is 5.28 Å². The first-order chi connectivity index (χ1) is 22.7. The fourth-order valence-electron chi connectivity index (χ4n) is 6.45. The van der Waals surface area contributed by atoms with E-state index in [4.69, 9.17) is 21.0 Å². The van der Waals surface area contributed by atoms with Crippen LogP contribution in [0.3, 0.4) is 0 Å². The van der Waals surface area contributed by atoms with Gasteiger partial charge >= 0.3 is 0 Å². The van der Waals surface area contributed by atoms with E-state index in [-0.39, 0.29) is 5.28 Å². The van der Waals surface area contributed by atoms with E-state index in [2.05, 4.69) is 107 Å². The number of fused-ring (bicyclic) bond motifs is 5. The number of furan rings is 1. The minimum absolute atomic E-state index is 0.158. The van der Waals surface area contributed by atoms with Gasteiger partial charge in [-0.2, -0.15) is 9.97 Å². The molecule has 4 nitrogen and oxygen atoms in total. The monoisotopic (exact) mass is 609 g/mol. The van der Waals surface area contributed by atoms with E-state index in [1.54, 1.807) is 0 Å². The lowest BCUT2D eigenvalue weighted by Gasteiger charge is -2.10. The normalized spacial score (nSPS) is 11.6. The summed E-state index contributed by atoms with van der Waals surface area (Å²) in [5, 5.41) is 7.03. The van der Waals surface area contributed by atoms with Gasteiger partial charge in [-0.05, 0) is 79.7 Å². The average molecular weight is 610 g/mol. The summed E-state index contributed by atoms with van der Waals surface area (Å²) in [6, 6.07) is 50.3. The van der Waals surface area contributed by atoms with Gasteiger partial charge in [-0.25, -0.2) is 4.98 Å². The van der Waals surface area contributed by atoms with Crippen LogP contribution in [0, 0.1) is 0 Å². The highest BCUT2D eigenvalue weighted by molar-refractivity contribution is 6.28. The average Bonchev–Trinajstić information content (AvgIpc) is 3.50. The Kier molecular flexibility index (Phi) is 6.15. The Bertz CT molecular complexity index is 2600. The first-order valence-corrected chi connectivity index (χ1v) is 15.5. The highest BCUT2D eigenvalue weighted by atomic mass is 35.5. The Morgan fingerprint density at radius 1 is 0.413 bits per heavy atom. The molecule has 0 amide bonds. The third kappa shape index (κ3) is 4.50. The number of hydrogen-bond acceptors (Lipinski definition) is 4. The quantitative estimate of drug-likeness (QED) is 0.199. The predicted octanol–water partition coefficient (Wildman–Crippen LogP) is 11.4. The van der Waals surface area contributed by atoms with Crippen molar-refractivity contribution >= 4 is 55.1 Å². The van der Waals surface area contributed by atoms with Gasteiger partial charge in [-0.1, -0.05) is 121 Å². The molecule has 0 aliphatic carbocycles. The van der Waals surface area contributed by atoms with Crippen LogP contribution >= 0.6 is 11.6 Å². The summed E-state index contributed by atoms with van der Waals surface area (Å²) in [5.41, 5.74) is 8.07. The predicted molar refractivity (Wildman–Crippen MR) is 189 cm³/mol. The van der Waals surface area contributed by atoms with Crippen molar-refractivity contribution in [3.8, 4) is 45.0 Å². The topological polar surface area (TPSA) is 51.8 Å². The van der Waals surface area contributed by atoms with Crippen molar-refractivity contribution in [1.82, 2.24) is 15.0 Å². The largest absolute Gasteiger partial charge is 0.456 e. The fraction of sp³-hybridized carbons (Fsp3) is 0. The maximum atomic E-state index is 6.49. The highest BCUT2D eigenvalue weighted by Gasteiger charge is 2.14. The van der Waals surface area contributed by atoms with E-state index in [9.17, 15) is 0 Å². The van der Waals surface area contributed by atoms with Crippen LogP contribution in [0.15, 0.2) is 150 Å². The van der Waals surface area contributed by atoms with Gasteiger partial charge in [-0.3, -0.25) is 0 Å². The van der Waals surface area contributed by atoms with Crippen LogP contribution in [-0.2, 0) is 0 Å². The third-order valence-corrected chi connectivity index (χ3v) is 8.83. The Hall–Kier alpha value is -5.84. The van der Waals surface area contributed by atoms with E-state index >= 15 is 0 Å². The Labute approximate surface area is 269 Å². The van der Waals surface area contributed by atoms with Crippen molar-refractivity contribution in [1.29, 1.82) is 0 Å². The lowest BCUT2D eigenvalue weighted by molar-refractivity contribution is 0.669. The molecule has 0 unspecified atom stereocenters. The Balaban J connectivity index is 1.09. The summed E-state index contributed by atoms with van der Waals surface area (Å²) < 4.78 is 6.15. The molecule has 5 heteroatoms. The van der Waals surface area contributed by atoms with Gasteiger partial charge in [0.25, 0.3) is 0 Å². The second kappa shape index (κ2) is 10.7. The van der Waals surface area contributed by atoms with Crippen LogP contribution in [0.4, 0.5) is 0 Å². The second-order valence-corrected chi connectivity index (χ2v) is 11.7. The smallest absolute Gasteiger partial charge is 0.226 e. The van der Waals surface area contributed by atoms with Crippen molar-refractivity contribution in [3.05, 3.63) is 151 Å². The molecule has 0 N–H and O–H groups in total. The zero-order chi connectivity index (χ0) is 30.6. The van der Waals surface area contributed by atoms with Gasteiger partial charge in [0.05, 0.1) is 0 Å². The maximum Gasteiger partial charge on any atom is 0.226 e. The first-order valence-electron chi connectivity index (χ1n) is 15.1. The molecule has 9 aromatic rings. The summed E-state index contributed by atoms with van der Waals surface area (Å²) in [4.78, 5) is 13.9. The molecule has 0 radical (unpaired) electrons.